The van der Waals surface area contributed by atoms with Crippen molar-refractivity contribution >= 4 is 0 Å². The summed E-state index contributed by atoms with van der Waals surface area (Å²) >= 11 is 0. The summed E-state index contributed by atoms with van der Waals surface area (Å²) in [7, 11) is 0. The highest BCUT2D eigenvalue weighted by Gasteiger charge is 2.20. The van der Waals surface area contributed by atoms with E-state index in [4.69, 9.17) is 5.11 Å². The molecule has 0 aromatic carbocycles. The van der Waals surface area contributed by atoms with Crippen LogP contribution in [0.25, 0.3) is 0 Å². The van der Waals surface area contributed by atoms with Crippen LogP contribution in [0.2, 0.25) is 0 Å². The fraction of sp³-hybridized carbons (Fsp3) is 1.00. The van der Waals surface area contributed by atoms with E-state index in [-0.39, 0.29) is 6.10 Å². The Morgan fingerprint density at radius 1 is 1.00 bits per heavy atom. The predicted octanol–water partition coefficient (Wildman–Crippen LogP) is 2.48. The third-order valence-electron chi connectivity index (χ3n) is 3.35. The zero-order valence-corrected chi connectivity index (χ0v) is 9.12. The molecule has 0 radical (unpaired) electrons. The highest BCUT2D eigenvalue weighted by molar-refractivity contribution is 4.73. The highest BCUT2D eigenvalue weighted by Crippen LogP contribution is 2.28. The SMILES string of the molecule is OCCCCCC(O)C1CCCCC1. The molecule has 0 aromatic rings. The number of hydrogen-bond acceptors (Lipinski definition) is 2. The largest absolute Gasteiger partial charge is 0.396 e. The molecule has 0 aliphatic heterocycles. The average Bonchev–Trinajstić information content (AvgIpc) is 2.25. The van der Waals surface area contributed by atoms with Crippen LogP contribution in [0, 0.1) is 5.92 Å². The standard InChI is InChI=1S/C12H24O2/c13-10-6-2-5-9-12(14)11-7-3-1-4-8-11/h11-14H,1-10H2. The molecule has 2 nitrogen and oxygen atoms in total. The number of aliphatic hydroxyl groups is 2. The van der Waals surface area contributed by atoms with Crippen LogP contribution in [0.5, 0.6) is 0 Å². The van der Waals surface area contributed by atoms with Crippen molar-refractivity contribution in [2.24, 2.45) is 5.92 Å². The van der Waals surface area contributed by atoms with E-state index in [9.17, 15) is 5.11 Å². The fourth-order valence-electron chi connectivity index (χ4n) is 2.40. The van der Waals surface area contributed by atoms with Crippen molar-refractivity contribution in [2.75, 3.05) is 6.61 Å². The molecule has 0 aromatic heterocycles. The highest BCUT2D eigenvalue weighted by atomic mass is 16.3. The lowest BCUT2D eigenvalue weighted by Crippen LogP contribution is -2.22. The van der Waals surface area contributed by atoms with Crippen LogP contribution in [0.3, 0.4) is 0 Å². The molecule has 1 unspecified atom stereocenters. The third kappa shape index (κ3) is 4.43. The minimum Gasteiger partial charge on any atom is -0.396 e. The molecule has 2 heteroatoms. The van der Waals surface area contributed by atoms with Crippen molar-refractivity contribution in [3.8, 4) is 0 Å². The Labute approximate surface area is 87.3 Å². The van der Waals surface area contributed by atoms with Crippen LogP contribution < -0.4 is 0 Å². The van der Waals surface area contributed by atoms with Gasteiger partial charge in [0.1, 0.15) is 0 Å². The second-order valence-corrected chi connectivity index (χ2v) is 4.54. The Kier molecular flexibility index (Phi) is 6.20. The fourth-order valence-corrected chi connectivity index (χ4v) is 2.40. The van der Waals surface area contributed by atoms with E-state index in [0.29, 0.717) is 12.5 Å². The quantitative estimate of drug-likeness (QED) is 0.647. The molecule has 0 amide bonds. The first-order valence-corrected chi connectivity index (χ1v) is 6.13. The molecule has 0 bridgehead atoms. The van der Waals surface area contributed by atoms with Gasteiger partial charge in [-0.1, -0.05) is 32.1 Å². The Bertz CT molecular complexity index is 130. The second kappa shape index (κ2) is 7.24. The summed E-state index contributed by atoms with van der Waals surface area (Å²) in [6.45, 7) is 0.291. The van der Waals surface area contributed by atoms with Crippen molar-refractivity contribution in [3.05, 3.63) is 0 Å². The molecule has 1 fully saturated rings. The molecule has 0 spiro atoms. The van der Waals surface area contributed by atoms with E-state index in [1.807, 2.05) is 0 Å². The van der Waals surface area contributed by atoms with Gasteiger partial charge in [0.05, 0.1) is 6.10 Å². The zero-order chi connectivity index (χ0) is 10.2. The van der Waals surface area contributed by atoms with Crippen LogP contribution in [-0.4, -0.2) is 22.9 Å². The van der Waals surface area contributed by atoms with E-state index in [1.165, 1.54) is 32.1 Å². The second-order valence-electron chi connectivity index (χ2n) is 4.54. The van der Waals surface area contributed by atoms with Crippen LogP contribution in [-0.2, 0) is 0 Å². The lowest BCUT2D eigenvalue weighted by molar-refractivity contribution is 0.0744. The summed E-state index contributed by atoms with van der Waals surface area (Å²) in [5, 5.41) is 18.5. The Balaban J connectivity index is 2.04. The summed E-state index contributed by atoms with van der Waals surface area (Å²) in [6, 6.07) is 0. The summed E-state index contributed by atoms with van der Waals surface area (Å²) in [4.78, 5) is 0. The van der Waals surface area contributed by atoms with Crippen LogP contribution in [0.4, 0.5) is 0 Å². The van der Waals surface area contributed by atoms with Gasteiger partial charge < -0.3 is 10.2 Å². The maximum Gasteiger partial charge on any atom is 0.0568 e. The average molecular weight is 200 g/mol. The first kappa shape index (κ1) is 12.0. The molecule has 1 atom stereocenters. The van der Waals surface area contributed by atoms with Gasteiger partial charge in [0, 0.05) is 6.61 Å². The van der Waals surface area contributed by atoms with E-state index < -0.39 is 0 Å². The lowest BCUT2D eigenvalue weighted by Gasteiger charge is -2.26. The Hall–Kier alpha value is -0.0800. The topological polar surface area (TPSA) is 40.5 Å². The molecule has 0 heterocycles. The minimum absolute atomic E-state index is 0.0750. The lowest BCUT2D eigenvalue weighted by atomic mass is 9.83. The summed E-state index contributed by atoms with van der Waals surface area (Å²) in [5.74, 6) is 0.567. The number of rotatable bonds is 6. The summed E-state index contributed by atoms with van der Waals surface area (Å²) in [6.07, 6.45) is 10.3. The molecular weight excluding hydrogens is 176 g/mol. The van der Waals surface area contributed by atoms with Gasteiger partial charge in [-0.3, -0.25) is 0 Å². The number of hydrogen-bond donors (Lipinski definition) is 2. The molecule has 1 saturated carbocycles. The van der Waals surface area contributed by atoms with Crippen molar-refractivity contribution in [2.45, 2.75) is 63.9 Å². The van der Waals surface area contributed by atoms with Gasteiger partial charge in [-0.05, 0) is 31.6 Å². The first-order valence-electron chi connectivity index (χ1n) is 6.13. The van der Waals surface area contributed by atoms with Crippen molar-refractivity contribution in [1.29, 1.82) is 0 Å². The predicted molar refractivity (Wildman–Crippen MR) is 58.1 cm³/mol. The van der Waals surface area contributed by atoms with Gasteiger partial charge in [-0.25, -0.2) is 0 Å². The van der Waals surface area contributed by atoms with Gasteiger partial charge in [-0.2, -0.15) is 0 Å². The van der Waals surface area contributed by atoms with Crippen molar-refractivity contribution in [1.82, 2.24) is 0 Å². The smallest absolute Gasteiger partial charge is 0.0568 e. The van der Waals surface area contributed by atoms with Crippen molar-refractivity contribution in [3.63, 3.8) is 0 Å². The minimum atomic E-state index is -0.0750. The maximum absolute atomic E-state index is 9.91. The van der Waals surface area contributed by atoms with Gasteiger partial charge >= 0.3 is 0 Å². The number of aliphatic hydroxyl groups excluding tert-OH is 2. The van der Waals surface area contributed by atoms with Crippen molar-refractivity contribution < 1.29 is 10.2 Å². The van der Waals surface area contributed by atoms with E-state index in [2.05, 4.69) is 0 Å². The first-order chi connectivity index (χ1) is 6.84. The summed E-state index contributed by atoms with van der Waals surface area (Å²) in [5.41, 5.74) is 0. The van der Waals surface area contributed by atoms with E-state index in [0.717, 1.165) is 25.7 Å². The Morgan fingerprint density at radius 2 is 1.71 bits per heavy atom. The summed E-state index contributed by atoms with van der Waals surface area (Å²) < 4.78 is 0. The zero-order valence-electron chi connectivity index (χ0n) is 9.12. The molecule has 0 saturated heterocycles. The van der Waals surface area contributed by atoms with E-state index in [1.54, 1.807) is 0 Å². The van der Waals surface area contributed by atoms with Crippen LogP contribution >= 0.6 is 0 Å². The van der Waals surface area contributed by atoms with Gasteiger partial charge in [0.15, 0.2) is 0 Å². The Morgan fingerprint density at radius 3 is 2.36 bits per heavy atom. The number of unbranched alkanes of at least 4 members (excludes halogenated alkanes) is 2. The molecule has 1 aliphatic carbocycles. The van der Waals surface area contributed by atoms with Gasteiger partial charge in [-0.15, -0.1) is 0 Å². The molecule has 2 N–H and O–H groups in total. The monoisotopic (exact) mass is 200 g/mol. The molecular formula is C12H24O2. The molecule has 84 valence electrons. The maximum atomic E-state index is 9.91. The molecule has 1 rings (SSSR count). The van der Waals surface area contributed by atoms with Gasteiger partial charge in [0.25, 0.3) is 0 Å². The van der Waals surface area contributed by atoms with E-state index >= 15 is 0 Å². The third-order valence-corrected chi connectivity index (χ3v) is 3.35. The normalized spacial score (nSPS) is 21.0. The molecule has 14 heavy (non-hydrogen) atoms. The van der Waals surface area contributed by atoms with Crippen LogP contribution in [0.1, 0.15) is 57.8 Å². The van der Waals surface area contributed by atoms with Gasteiger partial charge in [0.2, 0.25) is 0 Å². The molecule has 1 aliphatic rings. The van der Waals surface area contributed by atoms with Crippen LogP contribution in [0.15, 0.2) is 0 Å².